The summed E-state index contributed by atoms with van der Waals surface area (Å²) in [6, 6.07) is 6.09. The van der Waals surface area contributed by atoms with Gasteiger partial charge in [0.15, 0.2) is 0 Å². The lowest BCUT2D eigenvalue weighted by molar-refractivity contribution is -0.137. The van der Waals surface area contributed by atoms with Crippen molar-refractivity contribution in [1.82, 2.24) is 20.7 Å². The van der Waals surface area contributed by atoms with Gasteiger partial charge < -0.3 is 15.1 Å². The Hall–Kier alpha value is -3.18. The Morgan fingerprint density at radius 3 is 2.72 bits per heavy atom. The van der Waals surface area contributed by atoms with Gasteiger partial charge in [0.05, 0.1) is 34.6 Å². The van der Waals surface area contributed by atoms with Gasteiger partial charge in [0.2, 0.25) is 5.82 Å². The monoisotopic (exact) mass is 406 g/mol. The van der Waals surface area contributed by atoms with Gasteiger partial charge in [-0.25, -0.2) is 0 Å². The maximum absolute atomic E-state index is 13.2. The van der Waals surface area contributed by atoms with Crippen LogP contribution in [0.2, 0.25) is 0 Å². The number of β-amino-alcohol motifs (C(OH)–C–C–N with tert-alkyl or cyclic N) is 1. The van der Waals surface area contributed by atoms with E-state index in [2.05, 4.69) is 26.1 Å². The number of hydrazine groups is 2. The summed E-state index contributed by atoms with van der Waals surface area (Å²) in [5, 5.41) is 15.5. The van der Waals surface area contributed by atoms with Crippen molar-refractivity contribution in [2.75, 3.05) is 17.0 Å². The van der Waals surface area contributed by atoms with Crippen LogP contribution in [0.5, 0.6) is 0 Å². The summed E-state index contributed by atoms with van der Waals surface area (Å²) in [7, 11) is 0. The van der Waals surface area contributed by atoms with E-state index < -0.39 is 17.3 Å². The molecule has 0 aliphatic carbocycles. The molecule has 152 valence electrons. The van der Waals surface area contributed by atoms with E-state index in [1.165, 1.54) is 0 Å². The van der Waals surface area contributed by atoms with E-state index in [4.69, 9.17) is 4.52 Å². The number of fused-ring (bicyclic) bond motifs is 1. The molecule has 0 atom stereocenters. The summed E-state index contributed by atoms with van der Waals surface area (Å²) in [6.45, 7) is 3.71. The average Bonchev–Trinajstić information content (AvgIpc) is 3.27. The van der Waals surface area contributed by atoms with Crippen LogP contribution in [0.15, 0.2) is 41.2 Å². The third-order valence-electron chi connectivity index (χ3n) is 4.20. The van der Waals surface area contributed by atoms with Crippen molar-refractivity contribution in [3.63, 3.8) is 0 Å². The molecule has 0 saturated carbocycles. The van der Waals surface area contributed by atoms with Crippen molar-refractivity contribution < 1.29 is 22.8 Å². The first kappa shape index (κ1) is 19.2. The normalized spacial score (nSPS) is 14.1. The number of rotatable bonds is 4. The van der Waals surface area contributed by atoms with E-state index in [-0.39, 0.29) is 17.3 Å². The third kappa shape index (κ3) is 3.87. The second kappa shape index (κ2) is 6.71. The SMILES string of the molecule is CC(C)(O)CN1NNc2cc(-c3noc(-c4cnccc4C(F)(F)F)n3)ccc21. The molecule has 29 heavy (non-hydrogen) atoms. The zero-order chi connectivity index (χ0) is 20.8. The van der Waals surface area contributed by atoms with Crippen LogP contribution in [-0.4, -0.2) is 32.4 Å². The van der Waals surface area contributed by atoms with Gasteiger partial charge in [0.25, 0.3) is 5.89 Å². The zero-order valence-corrected chi connectivity index (χ0v) is 15.4. The predicted octanol–water partition coefficient (Wildman–Crippen LogP) is 3.24. The number of aliphatic hydroxyl groups is 1. The highest BCUT2D eigenvalue weighted by Gasteiger charge is 2.35. The number of benzene rings is 1. The Morgan fingerprint density at radius 1 is 1.21 bits per heavy atom. The minimum absolute atomic E-state index is 0.141. The summed E-state index contributed by atoms with van der Waals surface area (Å²) in [4.78, 5) is 7.84. The van der Waals surface area contributed by atoms with E-state index in [1.54, 1.807) is 37.1 Å². The van der Waals surface area contributed by atoms with Crippen LogP contribution < -0.4 is 16.0 Å². The maximum atomic E-state index is 13.2. The Kier molecular flexibility index (Phi) is 4.43. The lowest BCUT2D eigenvalue weighted by atomic mass is 10.1. The third-order valence-corrected chi connectivity index (χ3v) is 4.20. The number of hydrogen-bond donors (Lipinski definition) is 3. The van der Waals surface area contributed by atoms with Crippen molar-refractivity contribution in [2.45, 2.75) is 25.6 Å². The van der Waals surface area contributed by atoms with Gasteiger partial charge in [-0.1, -0.05) is 5.16 Å². The second-order valence-electron chi connectivity index (χ2n) is 7.21. The summed E-state index contributed by atoms with van der Waals surface area (Å²) < 4.78 is 44.7. The number of anilines is 2. The molecule has 1 aromatic carbocycles. The lowest BCUT2D eigenvalue weighted by Crippen LogP contribution is -2.45. The van der Waals surface area contributed by atoms with Crippen molar-refractivity contribution in [3.8, 4) is 22.8 Å². The highest BCUT2D eigenvalue weighted by molar-refractivity contribution is 5.78. The Labute approximate surface area is 163 Å². The van der Waals surface area contributed by atoms with Crippen molar-refractivity contribution in [3.05, 3.63) is 42.2 Å². The zero-order valence-electron chi connectivity index (χ0n) is 15.4. The van der Waals surface area contributed by atoms with Crippen LogP contribution in [0.4, 0.5) is 24.5 Å². The maximum Gasteiger partial charge on any atom is 0.417 e. The smallest absolute Gasteiger partial charge is 0.389 e. The standard InChI is InChI=1S/C18H17F3N6O2/c1-17(2,28)9-27-14-4-3-10(7-13(14)24-26-27)15-23-16(29-25-15)11-8-22-6-5-12(11)18(19,20)21/h3-8,24,26,28H,9H2,1-2H3. The number of hydrogen-bond acceptors (Lipinski definition) is 8. The van der Waals surface area contributed by atoms with Gasteiger partial charge in [-0.15, -0.1) is 5.53 Å². The van der Waals surface area contributed by atoms with E-state index in [9.17, 15) is 18.3 Å². The fraction of sp³-hybridized carbons (Fsp3) is 0.278. The van der Waals surface area contributed by atoms with E-state index in [0.717, 1.165) is 24.1 Å². The van der Waals surface area contributed by atoms with E-state index >= 15 is 0 Å². The van der Waals surface area contributed by atoms with Crippen LogP contribution in [0, 0.1) is 0 Å². The first-order chi connectivity index (χ1) is 13.6. The van der Waals surface area contributed by atoms with Gasteiger partial charge >= 0.3 is 6.18 Å². The number of halogens is 3. The molecule has 0 fully saturated rings. The summed E-state index contributed by atoms with van der Waals surface area (Å²) >= 11 is 0. The lowest BCUT2D eigenvalue weighted by Gasteiger charge is -2.26. The Balaban J connectivity index is 1.64. The molecule has 0 radical (unpaired) electrons. The highest BCUT2D eigenvalue weighted by atomic mass is 19.4. The van der Waals surface area contributed by atoms with Crippen LogP contribution in [0.25, 0.3) is 22.8 Å². The molecule has 3 aromatic rings. The topological polar surface area (TPSA) is 99.3 Å². The molecule has 2 aromatic heterocycles. The number of nitrogens with one attached hydrogen (secondary N) is 2. The van der Waals surface area contributed by atoms with Gasteiger partial charge in [-0.3, -0.25) is 9.99 Å². The van der Waals surface area contributed by atoms with E-state index in [0.29, 0.717) is 17.8 Å². The van der Waals surface area contributed by atoms with Crippen LogP contribution in [0.1, 0.15) is 19.4 Å². The number of alkyl halides is 3. The molecule has 0 amide bonds. The van der Waals surface area contributed by atoms with Crippen molar-refractivity contribution in [2.24, 2.45) is 0 Å². The Morgan fingerprint density at radius 2 is 2.00 bits per heavy atom. The molecule has 8 nitrogen and oxygen atoms in total. The quantitative estimate of drug-likeness (QED) is 0.607. The summed E-state index contributed by atoms with van der Waals surface area (Å²) in [5.74, 6) is -0.127. The van der Waals surface area contributed by atoms with Gasteiger partial charge in [-0.05, 0) is 38.1 Å². The van der Waals surface area contributed by atoms with Gasteiger partial charge in [0, 0.05) is 18.0 Å². The molecule has 0 saturated heterocycles. The molecule has 4 rings (SSSR count). The molecule has 1 aliphatic heterocycles. The first-order valence-electron chi connectivity index (χ1n) is 8.63. The molecule has 0 spiro atoms. The average molecular weight is 406 g/mol. The first-order valence-corrected chi connectivity index (χ1v) is 8.63. The molecule has 0 unspecified atom stereocenters. The molecule has 0 bridgehead atoms. The molecular formula is C18H17F3N6O2. The Bertz CT molecular complexity index is 1040. The number of pyridine rings is 1. The molecule has 3 heterocycles. The highest BCUT2D eigenvalue weighted by Crippen LogP contribution is 2.37. The minimum atomic E-state index is -4.57. The fourth-order valence-corrected chi connectivity index (χ4v) is 2.97. The minimum Gasteiger partial charge on any atom is -0.389 e. The fourth-order valence-electron chi connectivity index (χ4n) is 2.97. The summed E-state index contributed by atoms with van der Waals surface area (Å²) in [6.07, 6.45) is -2.47. The van der Waals surface area contributed by atoms with Crippen LogP contribution in [-0.2, 0) is 6.18 Å². The molecule has 11 heteroatoms. The summed E-state index contributed by atoms with van der Waals surface area (Å²) in [5.41, 5.74) is 5.86. The largest absolute Gasteiger partial charge is 0.417 e. The molecule has 1 aliphatic rings. The van der Waals surface area contributed by atoms with Crippen molar-refractivity contribution >= 4 is 11.4 Å². The number of aromatic nitrogens is 3. The predicted molar refractivity (Wildman–Crippen MR) is 98.4 cm³/mol. The van der Waals surface area contributed by atoms with Gasteiger partial charge in [0.1, 0.15) is 0 Å². The molecular weight excluding hydrogens is 389 g/mol. The second-order valence-corrected chi connectivity index (χ2v) is 7.21. The van der Waals surface area contributed by atoms with Crippen molar-refractivity contribution in [1.29, 1.82) is 0 Å². The van der Waals surface area contributed by atoms with Crippen LogP contribution in [0.3, 0.4) is 0 Å². The van der Waals surface area contributed by atoms with E-state index in [1.807, 2.05) is 0 Å². The van der Waals surface area contributed by atoms with Gasteiger partial charge in [-0.2, -0.15) is 18.2 Å². The van der Waals surface area contributed by atoms with Crippen LogP contribution >= 0.6 is 0 Å². The molecule has 3 N–H and O–H groups in total. The number of nitrogens with zero attached hydrogens (tertiary/aromatic N) is 4.